The molecule has 1 fully saturated rings. The Morgan fingerprint density at radius 1 is 1.07 bits per heavy atom. The van der Waals surface area contributed by atoms with Crippen LogP contribution >= 0.6 is 0 Å². The molecule has 0 amide bonds. The number of likely N-dealkylation sites (N-methyl/N-ethyl adjacent to an activating group) is 1. The van der Waals surface area contributed by atoms with E-state index in [0.717, 1.165) is 43.1 Å². The molecule has 2 heterocycles. The van der Waals surface area contributed by atoms with E-state index in [0.29, 0.717) is 19.7 Å². The van der Waals surface area contributed by atoms with Crippen molar-refractivity contribution in [1.29, 1.82) is 0 Å². The van der Waals surface area contributed by atoms with Crippen molar-refractivity contribution in [2.24, 2.45) is 4.99 Å². The minimum absolute atomic E-state index is 0.184. The molecule has 0 radical (unpaired) electrons. The molecule has 6 nitrogen and oxygen atoms in total. The molecule has 1 N–H and O–H groups in total. The maximum absolute atomic E-state index is 13.0. The van der Waals surface area contributed by atoms with Gasteiger partial charge in [-0.15, -0.1) is 0 Å². The zero-order valence-corrected chi connectivity index (χ0v) is 16.9. The van der Waals surface area contributed by atoms with E-state index in [1.54, 1.807) is 0 Å². The standard InChI is InChI=1S/C23H28N4O2/c1-26-12-14-27(15-13-26)21(18-7-3-2-4-8-18)23(28)29-16-11-24-22-20-10-6-5-9-19(20)17-25-22/h2-10,21H,11-17H2,1H3,(H,24,25). The molecular weight excluding hydrogens is 364 g/mol. The van der Waals surface area contributed by atoms with E-state index in [4.69, 9.17) is 4.74 Å². The molecule has 0 aromatic heterocycles. The molecule has 2 aromatic rings. The Labute approximate surface area is 172 Å². The van der Waals surface area contributed by atoms with Gasteiger partial charge in [-0.05, 0) is 18.2 Å². The fourth-order valence-electron chi connectivity index (χ4n) is 3.90. The molecule has 0 aliphatic carbocycles. The van der Waals surface area contributed by atoms with Crippen molar-refractivity contribution in [3.05, 3.63) is 71.3 Å². The molecule has 2 aromatic carbocycles. The maximum Gasteiger partial charge on any atom is 0.328 e. The Hall–Kier alpha value is -2.70. The summed E-state index contributed by atoms with van der Waals surface area (Å²) in [4.78, 5) is 22.0. The molecule has 0 bridgehead atoms. The van der Waals surface area contributed by atoms with Gasteiger partial charge in [-0.25, -0.2) is 4.79 Å². The Morgan fingerprint density at radius 2 is 1.79 bits per heavy atom. The highest BCUT2D eigenvalue weighted by molar-refractivity contribution is 6.01. The minimum atomic E-state index is -0.352. The number of carbonyl (C=O) groups is 1. The topological polar surface area (TPSA) is 57.2 Å². The SMILES string of the molecule is CN1CCN(C(C(=O)OCCNC2=NCc3ccccc32)c2ccccc2)CC1. The van der Waals surface area contributed by atoms with E-state index in [-0.39, 0.29) is 12.0 Å². The Balaban J connectivity index is 1.34. The number of carbonyl (C=O) groups excluding carboxylic acids is 1. The van der Waals surface area contributed by atoms with Crippen molar-refractivity contribution < 1.29 is 9.53 Å². The second kappa shape index (κ2) is 9.20. The van der Waals surface area contributed by atoms with Gasteiger partial charge >= 0.3 is 5.97 Å². The van der Waals surface area contributed by atoms with Crippen LogP contribution in [0, 0.1) is 0 Å². The lowest BCUT2D eigenvalue weighted by molar-refractivity contribution is -0.151. The van der Waals surface area contributed by atoms with Crippen LogP contribution in [-0.4, -0.2) is 68.0 Å². The highest BCUT2D eigenvalue weighted by Gasteiger charge is 2.31. The van der Waals surface area contributed by atoms with Crippen molar-refractivity contribution in [3.63, 3.8) is 0 Å². The van der Waals surface area contributed by atoms with Crippen molar-refractivity contribution in [2.45, 2.75) is 12.6 Å². The fourth-order valence-corrected chi connectivity index (χ4v) is 3.90. The number of hydrogen-bond acceptors (Lipinski definition) is 6. The zero-order valence-electron chi connectivity index (χ0n) is 16.9. The van der Waals surface area contributed by atoms with E-state index >= 15 is 0 Å². The number of nitrogens with zero attached hydrogens (tertiary/aromatic N) is 3. The number of piperazine rings is 1. The quantitative estimate of drug-likeness (QED) is 0.603. The predicted molar refractivity (Wildman–Crippen MR) is 114 cm³/mol. The predicted octanol–water partition coefficient (Wildman–Crippen LogP) is 2.07. The third-order valence-corrected chi connectivity index (χ3v) is 5.56. The largest absolute Gasteiger partial charge is 0.462 e. The van der Waals surface area contributed by atoms with Crippen molar-refractivity contribution in [3.8, 4) is 0 Å². The minimum Gasteiger partial charge on any atom is -0.462 e. The highest BCUT2D eigenvalue weighted by atomic mass is 16.5. The summed E-state index contributed by atoms with van der Waals surface area (Å²) < 4.78 is 5.67. The summed E-state index contributed by atoms with van der Waals surface area (Å²) in [5.41, 5.74) is 3.36. The first-order valence-electron chi connectivity index (χ1n) is 10.2. The first-order chi connectivity index (χ1) is 14.2. The molecule has 1 saturated heterocycles. The molecule has 1 unspecified atom stereocenters. The normalized spacial score (nSPS) is 18.0. The second-order valence-electron chi connectivity index (χ2n) is 7.57. The summed E-state index contributed by atoms with van der Waals surface area (Å²) >= 11 is 0. The average Bonchev–Trinajstić information content (AvgIpc) is 3.17. The number of rotatable bonds is 6. The van der Waals surface area contributed by atoms with Crippen molar-refractivity contribution >= 4 is 11.8 Å². The number of esters is 1. The first-order valence-corrected chi connectivity index (χ1v) is 10.2. The lowest BCUT2D eigenvalue weighted by Gasteiger charge is -2.36. The van der Waals surface area contributed by atoms with Gasteiger partial charge in [0.25, 0.3) is 0 Å². The number of amidine groups is 1. The molecule has 0 saturated carbocycles. The van der Waals surface area contributed by atoms with Gasteiger partial charge in [0.2, 0.25) is 0 Å². The summed E-state index contributed by atoms with van der Waals surface area (Å²) in [6.45, 7) is 5.20. The Bertz CT molecular complexity index is 860. The summed E-state index contributed by atoms with van der Waals surface area (Å²) in [6.07, 6.45) is 0. The van der Waals surface area contributed by atoms with Gasteiger partial charge in [0.1, 0.15) is 18.5 Å². The average molecular weight is 393 g/mol. The third kappa shape index (κ3) is 4.66. The molecular formula is C23H28N4O2. The first kappa shape index (κ1) is 19.6. The molecule has 6 heteroatoms. The lowest BCUT2D eigenvalue weighted by Crippen LogP contribution is -2.48. The van der Waals surface area contributed by atoms with E-state index in [1.165, 1.54) is 5.56 Å². The second-order valence-corrected chi connectivity index (χ2v) is 7.57. The number of aliphatic imine (C=N–C) groups is 1. The van der Waals surface area contributed by atoms with Crippen LogP contribution in [0.1, 0.15) is 22.7 Å². The molecule has 0 spiro atoms. The van der Waals surface area contributed by atoms with Gasteiger partial charge in [0, 0.05) is 31.7 Å². The third-order valence-electron chi connectivity index (χ3n) is 5.56. The van der Waals surface area contributed by atoms with Gasteiger partial charge in [0.15, 0.2) is 0 Å². The van der Waals surface area contributed by atoms with Crippen LogP contribution in [0.3, 0.4) is 0 Å². The Morgan fingerprint density at radius 3 is 2.59 bits per heavy atom. The van der Waals surface area contributed by atoms with Crippen LogP contribution in [-0.2, 0) is 16.1 Å². The zero-order chi connectivity index (χ0) is 20.1. The maximum atomic E-state index is 13.0. The number of benzene rings is 2. The van der Waals surface area contributed by atoms with Gasteiger partial charge in [-0.1, -0.05) is 54.6 Å². The molecule has 2 aliphatic rings. The molecule has 1 atom stereocenters. The van der Waals surface area contributed by atoms with Gasteiger partial charge in [-0.2, -0.15) is 0 Å². The molecule has 29 heavy (non-hydrogen) atoms. The Kier molecular flexibility index (Phi) is 6.22. The number of ether oxygens (including phenoxy) is 1. The van der Waals surface area contributed by atoms with Crippen LogP contribution < -0.4 is 5.32 Å². The van der Waals surface area contributed by atoms with E-state index < -0.39 is 0 Å². The van der Waals surface area contributed by atoms with E-state index in [9.17, 15) is 4.79 Å². The van der Waals surface area contributed by atoms with Gasteiger partial charge in [-0.3, -0.25) is 9.89 Å². The fraction of sp³-hybridized carbons (Fsp3) is 0.391. The number of nitrogens with one attached hydrogen (secondary N) is 1. The van der Waals surface area contributed by atoms with Crippen LogP contribution in [0.15, 0.2) is 59.6 Å². The van der Waals surface area contributed by atoms with Crippen LogP contribution in [0.4, 0.5) is 0 Å². The van der Waals surface area contributed by atoms with Crippen LogP contribution in [0.2, 0.25) is 0 Å². The summed E-state index contributed by atoms with van der Waals surface area (Å²) in [6, 6.07) is 17.8. The smallest absolute Gasteiger partial charge is 0.328 e. The van der Waals surface area contributed by atoms with Gasteiger partial charge in [0.05, 0.1) is 13.1 Å². The number of fused-ring (bicyclic) bond motifs is 1. The van der Waals surface area contributed by atoms with Crippen molar-refractivity contribution in [2.75, 3.05) is 46.4 Å². The molecule has 2 aliphatic heterocycles. The summed E-state index contributed by atoms with van der Waals surface area (Å²) in [7, 11) is 2.11. The van der Waals surface area contributed by atoms with Crippen LogP contribution in [0.5, 0.6) is 0 Å². The molecule has 152 valence electrons. The molecule has 4 rings (SSSR count). The van der Waals surface area contributed by atoms with E-state index in [1.807, 2.05) is 42.5 Å². The highest BCUT2D eigenvalue weighted by Crippen LogP contribution is 2.23. The lowest BCUT2D eigenvalue weighted by atomic mass is 10.0. The number of hydrogen-bond donors (Lipinski definition) is 1. The van der Waals surface area contributed by atoms with Crippen LogP contribution in [0.25, 0.3) is 0 Å². The summed E-state index contributed by atoms with van der Waals surface area (Å²) in [5, 5.41) is 3.31. The van der Waals surface area contributed by atoms with E-state index in [2.05, 4.69) is 39.3 Å². The van der Waals surface area contributed by atoms with Crippen molar-refractivity contribution in [1.82, 2.24) is 15.1 Å². The summed E-state index contributed by atoms with van der Waals surface area (Å²) in [5.74, 6) is 0.701. The van der Waals surface area contributed by atoms with Gasteiger partial charge < -0.3 is 15.0 Å². The monoisotopic (exact) mass is 392 g/mol.